The zero-order valence-electron chi connectivity index (χ0n) is 12.5. The highest BCUT2D eigenvalue weighted by Crippen LogP contribution is 2.21. The molecule has 114 valence electrons. The number of nitriles is 1. The molecular formula is C17H14N4O2. The van der Waals surface area contributed by atoms with Gasteiger partial charge in [0.05, 0.1) is 25.3 Å². The molecule has 0 saturated heterocycles. The van der Waals surface area contributed by atoms with Crippen LogP contribution in [-0.4, -0.2) is 17.3 Å². The molecule has 0 aliphatic rings. The fraction of sp³-hybridized carbons (Fsp3) is 0.118. The first-order chi connectivity index (χ1) is 11.3. The third-order valence-electron chi connectivity index (χ3n) is 3.25. The van der Waals surface area contributed by atoms with E-state index in [-0.39, 0.29) is 0 Å². The van der Waals surface area contributed by atoms with E-state index in [4.69, 9.17) is 14.5 Å². The van der Waals surface area contributed by atoms with Crippen molar-refractivity contribution >= 4 is 5.69 Å². The van der Waals surface area contributed by atoms with Crippen molar-refractivity contribution in [2.24, 2.45) is 0 Å². The molecule has 2 aromatic carbocycles. The third-order valence-corrected chi connectivity index (χ3v) is 3.25. The average Bonchev–Trinajstić information content (AvgIpc) is 3.09. The summed E-state index contributed by atoms with van der Waals surface area (Å²) >= 11 is 0. The zero-order valence-corrected chi connectivity index (χ0v) is 12.5. The van der Waals surface area contributed by atoms with E-state index < -0.39 is 0 Å². The predicted octanol–water partition coefficient (Wildman–Crippen LogP) is 3.23. The number of rotatable bonds is 5. The highest BCUT2D eigenvalue weighted by Gasteiger charge is 2.09. The van der Waals surface area contributed by atoms with E-state index in [2.05, 4.69) is 21.5 Å². The lowest BCUT2D eigenvalue weighted by Gasteiger charge is -2.02. The Morgan fingerprint density at radius 2 is 2.04 bits per heavy atom. The van der Waals surface area contributed by atoms with E-state index in [1.54, 1.807) is 19.2 Å². The van der Waals surface area contributed by atoms with Crippen LogP contribution in [0, 0.1) is 11.3 Å². The molecule has 0 atom stereocenters. The Hall–Kier alpha value is -3.33. The summed E-state index contributed by atoms with van der Waals surface area (Å²) in [5, 5.41) is 15.9. The molecule has 0 aliphatic heterocycles. The van der Waals surface area contributed by atoms with Crippen LogP contribution in [0.2, 0.25) is 0 Å². The quantitative estimate of drug-likeness (QED) is 0.779. The first-order valence-electron chi connectivity index (χ1n) is 6.99. The van der Waals surface area contributed by atoms with Gasteiger partial charge in [0.15, 0.2) is 0 Å². The van der Waals surface area contributed by atoms with E-state index >= 15 is 0 Å². The Bertz CT molecular complexity index is 834. The van der Waals surface area contributed by atoms with Crippen molar-refractivity contribution in [2.45, 2.75) is 6.54 Å². The molecule has 0 amide bonds. The lowest BCUT2D eigenvalue weighted by molar-refractivity contribution is 0.384. The van der Waals surface area contributed by atoms with Crippen molar-refractivity contribution in [3.8, 4) is 23.2 Å². The van der Waals surface area contributed by atoms with Gasteiger partial charge in [0.1, 0.15) is 5.75 Å². The first-order valence-corrected chi connectivity index (χ1v) is 6.99. The van der Waals surface area contributed by atoms with Crippen LogP contribution in [0.5, 0.6) is 5.75 Å². The second-order valence-corrected chi connectivity index (χ2v) is 4.79. The van der Waals surface area contributed by atoms with Crippen molar-refractivity contribution in [3.05, 3.63) is 60.0 Å². The van der Waals surface area contributed by atoms with Gasteiger partial charge in [0.25, 0.3) is 0 Å². The summed E-state index contributed by atoms with van der Waals surface area (Å²) in [7, 11) is 1.61. The molecule has 0 unspecified atom stereocenters. The highest BCUT2D eigenvalue weighted by molar-refractivity contribution is 5.57. The van der Waals surface area contributed by atoms with Crippen LogP contribution < -0.4 is 10.1 Å². The molecule has 0 radical (unpaired) electrons. The fourth-order valence-corrected chi connectivity index (χ4v) is 2.05. The van der Waals surface area contributed by atoms with E-state index in [9.17, 15) is 0 Å². The summed E-state index contributed by atoms with van der Waals surface area (Å²) in [6, 6.07) is 16.7. The second kappa shape index (κ2) is 6.62. The van der Waals surface area contributed by atoms with Crippen molar-refractivity contribution < 1.29 is 9.26 Å². The van der Waals surface area contributed by atoms with Crippen molar-refractivity contribution in [2.75, 3.05) is 12.4 Å². The minimum absolute atomic E-state index is 0.406. The zero-order chi connectivity index (χ0) is 16.1. The normalized spacial score (nSPS) is 10.1. The van der Waals surface area contributed by atoms with Crippen LogP contribution in [0.3, 0.4) is 0 Å². The number of hydrogen-bond donors (Lipinski definition) is 1. The Labute approximate surface area is 133 Å². The maximum absolute atomic E-state index is 8.77. The monoisotopic (exact) mass is 306 g/mol. The number of nitrogens with one attached hydrogen (secondary N) is 1. The molecule has 0 spiro atoms. The molecule has 6 heteroatoms. The lowest BCUT2D eigenvalue weighted by atomic mass is 10.2. The molecule has 1 aromatic heterocycles. The van der Waals surface area contributed by atoms with E-state index in [1.165, 1.54) is 0 Å². The predicted molar refractivity (Wildman–Crippen MR) is 84.8 cm³/mol. The largest absolute Gasteiger partial charge is 0.497 e. The number of anilines is 1. The molecule has 0 aliphatic carbocycles. The number of aromatic nitrogens is 2. The van der Waals surface area contributed by atoms with Gasteiger partial charge in [0, 0.05) is 11.3 Å². The molecule has 3 rings (SSSR count). The molecule has 1 heterocycles. The van der Waals surface area contributed by atoms with E-state index in [0.29, 0.717) is 23.8 Å². The topological polar surface area (TPSA) is 84.0 Å². The molecular weight excluding hydrogens is 292 g/mol. The summed E-state index contributed by atoms with van der Waals surface area (Å²) in [5.41, 5.74) is 2.33. The van der Waals surface area contributed by atoms with Gasteiger partial charge in [-0.3, -0.25) is 0 Å². The van der Waals surface area contributed by atoms with Gasteiger partial charge in [-0.15, -0.1) is 0 Å². The van der Waals surface area contributed by atoms with E-state index in [0.717, 1.165) is 17.0 Å². The van der Waals surface area contributed by atoms with E-state index in [1.807, 2.05) is 36.4 Å². The van der Waals surface area contributed by atoms with Crippen LogP contribution in [0.15, 0.2) is 53.1 Å². The number of benzene rings is 2. The minimum Gasteiger partial charge on any atom is -0.497 e. The summed E-state index contributed by atoms with van der Waals surface area (Å²) in [6.45, 7) is 0.406. The molecule has 0 fully saturated rings. The van der Waals surface area contributed by atoms with Gasteiger partial charge >= 0.3 is 0 Å². The van der Waals surface area contributed by atoms with Crippen molar-refractivity contribution in [1.82, 2.24) is 10.1 Å². The summed E-state index contributed by atoms with van der Waals surface area (Å²) in [4.78, 5) is 4.36. The minimum atomic E-state index is 0.406. The number of methoxy groups -OCH3 is 1. The number of ether oxygens (including phenoxy) is 1. The summed E-state index contributed by atoms with van der Waals surface area (Å²) in [6.07, 6.45) is 0. The maximum atomic E-state index is 8.77. The first kappa shape index (κ1) is 14.6. The molecule has 23 heavy (non-hydrogen) atoms. The van der Waals surface area contributed by atoms with Gasteiger partial charge in [0.2, 0.25) is 11.7 Å². The smallest absolute Gasteiger partial charge is 0.246 e. The summed E-state index contributed by atoms with van der Waals surface area (Å²) < 4.78 is 10.4. The molecule has 0 bridgehead atoms. The van der Waals surface area contributed by atoms with Gasteiger partial charge in [-0.25, -0.2) is 0 Å². The second-order valence-electron chi connectivity index (χ2n) is 4.79. The van der Waals surface area contributed by atoms with Crippen LogP contribution in [0.1, 0.15) is 11.5 Å². The highest BCUT2D eigenvalue weighted by atomic mass is 16.5. The molecule has 1 N–H and O–H groups in total. The third kappa shape index (κ3) is 3.47. The average molecular weight is 306 g/mol. The van der Waals surface area contributed by atoms with Gasteiger partial charge in [-0.05, 0) is 36.4 Å². The SMILES string of the molecule is COc1cccc(-c2noc(CNc3ccc(C#N)cc3)n2)c1. The Morgan fingerprint density at radius 1 is 1.22 bits per heavy atom. The van der Waals surface area contributed by atoms with Crippen LogP contribution in [-0.2, 0) is 6.54 Å². The lowest BCUT2D eigenvalue weighted by Crippen LogP contribution is -1.99. The Kier molecular flexibility index (Phi) is 4.20. The maximum Gasteiger partial charge on any atom is 0.246 e. The van der Waals surface area contributed by atoms with Crippen LogP contribution in [0.4, 0.5) is 5.69 Å². The summed E-state index contributed by atoms with van der Waals surface area (Å²) in [5.74, 6) is 1.73. The molecule has 0 saturated carbocycles. The Morgan fingerprint density at radius 3 is 2.78 bits per heavy atom. The van der Waals surface area contributed by atoms with Gasteiger partial charge < -0.3 is 14.6 Å². The van der Waals surface area contributed by atoms with Crippen molar-refractivity contribution in [1.29, 1.82) is 5.26 Å². The van der Waals surface area contributed by atoms with Crippen LogP contribution in [0.25, 0.3) is 11.4 Å². The van der Waals surface area contributed by atoms with Crippen LogP contribution >= 0.6 is 0 Å². The number of hydrogen-bond acceptors (Lipinski definition) is 6. The van der Waals surface area contributed by atoms with Crippen molar-refractivity contribution in [3.63, 3.8) is 0 Å². The Balaban J connectivity index is 1.68. The number of nitrogens with zero attached hydrogens (tertiary/aromatic N) is 3. The van der Waals surface area contributed by atoms with Gasteiger partial charge in [-0.2, -0.15) is 10.2 Å². The molecule has 3 aromatic rings. The molecule has 6 nitrogen and oxygen atoms in total. The van der Waals surface area contributed by atoms with Gasteiger partial charge in [-0.1, -0.05) is 17.3 Å². The standard InChI is InChI=1S/C17H14N4O2/c1-22-15-4-2-3-13(9-15)17-20-16(23-21-17)11-19-14-7-5-12(10-18)6-8-14/h2-9,19H,11H2,1H3. The fourth-order valence-electron chi connectivity index (χ4n) is 2.05.